The fraction of sp³-hybridized carbons (Fsp3) is 0.385. The lowest BCUT2D eigenvalue weighted by Gasteiger charge is -2.26. The van der Waals surface area contributed by atoms with Crippen LogP contribution in [0.2, 0.25) is 5.02 Å². The van der Waals surface area contributed by atoms with E-state index in [1.54, 1.807) is 18.2 Å². The number of hydrogen-bond donors (Lipinski definition) is 2. The number of ether oxygens (including phenoxy) is 1. The topological polar surface area (TPSA) is 78.9 Å². The molecule has 0 spiro atoms. The maximum Gasteiger partial charge on any atom is 0.321 e. The number of anilines is 1. The van der Waals surface area contributed by atoms with Crippen molar-refractivity contribution in [1.82, 2.24) is 4.90 Å². The third kappa shape index (κ3) is 3.66. The standard InChI is InChI=1S/C13H14BrClN2O4/c1-17(11-6-21-5-8(11)12(18)19)13(20)16-10-3-2-7(14)4-9(10)15/h2-4,8,11H,5-6H2,1H3,(H,16,20)(H,18,19). The lowest BCUT2D eigenvalue weighted by Crippen LogP contribution is -2.45. The van der Waals surface area contributed by atoms with E-state index in [4.69, 9.17) is 21.4 Å². The maximum absolute atomic E-state index is 12.2. The van der Waals surface area contributed by atoms with Gasteiger partial charge < -0.3 is 20.1 Å². The Bertz CT molecular complexity index is 569. The van der Waals surface area contributed by atoms with Crippen LogP contribution < -0.4 is 5.32 Å². The highest BCUT2D eigenvalue weighted by molar-refractivity contribution is 9.10. The molecule has 1 fully saturated rings. The zero-order valence-electron chi connectivity index (χ0n) is 11.2. The van der Waals surface area contributed by atoms with E-state index in [1.807, 2.05) is 0 Å². The molecule has 0 saturated carbocycles. The van der Waals surface area contributed by atoms with Crippen LogP contribution in [0.3, 0.4) is 0 Å². The third-order valence-corrected chi connectivity index (χ3v) is 4.16. The quantitative estimate of drug-likeness (QED) is 0.849. The first-order valence-corrected chi connectivity index (χ1v) is 7.36. The van der Waals surface area contributed by atoms with E-state index in [1.165, 1.54) is 11.9 Å². The number of carbonyl (C=O) groups is 2. The van der Waals surface area contributed by atoms with Gasteiger partial charge in [0.1, 0.15) is 5.92 Å². The molecule has 1 heterocycles. The molecule has 8 heteroatoms. The van der Waals surface area contributed by atoms with Crippen LogP contribution in [0.25, 0.3) is 0 Å². The average molecular weight is 378 g/mol. The molecule has 0 radical (unpaired) electrons. The molecule has 0 bridgehead atoms. The second kappa shape index (κ2) is 6.64. The van der Waals surface area contributed by atoms with Gasteiger partial charge in [-0.1, -0.05) is 27.5 Å². The number of rotatable bonds is 3. The minimum Gasteiger partial charge on any atom is -0.481 e. The molecule has 2 unspecified atom stereocenters. The first-order valence-electron chi connectivity index (χ1n) is 6.19. The summed E-state index contributed by atoms with van der Waals surface area (Å²) in [6.07, 6.45) is 0. The van der Waals surface area contributed by atoms with Crippen LogP contribution >= 0.6 is 27.5 Å². The summed E-state index contributed by atoms with van der Waals surface area (Å²) in [7, 11) is 1.54. The minimum atomic E-state index is -0.973. The number of amides is 2. The van der Waals surface area contributed by atoms with Gasteiger partial charge in [-0.3, -0.25) is 4.79 Å². The molecular formula is C13H14BrClN2O4. The van der Waals surface area contributed by atoms with E-state index in [0.717, 1.165) is 4.47 Å². The van der Waals surface area contributed by atoms with Crippen molar-refractivity contribution < 1.29 is 19.4 Å². The summed E-state index contributed by atoms with van der Waals surface area (Å²) in [5.41, 5.74) is 0.461. The van der Waals surface area contributed by atoms with Crippen molar-refractivity contribution in [3.05, 3.63) is 27.7 Å². The molecule has 2 atom stereocenters. The van der Waals surface area contributed by atoms with E-state index in [9.17, 15) is 9.59 Å². The Balaban J connectivity index is 2.07. The van der Waals surface area contributed by atoms with Crippen molar-refractivity contribution in [3.8, 4) is 0 Å². The second-order valence-corrected chi connectivity index (χ2v) is 6.04. The number of carboxylic acids is 1. The molecule has 1 aliphatic rings. The fourth-order valence-corrected chi connectivity index (χ4v) is 2.83. The van der Waals surface area contributed by atoms with Crippen molar-refractivity contribution >= 4 is 45.2 Å². The Morgan fingerprint density at radius 2 is 2.19 bits per heavy atom. The summed E-state index contributed by atoms with van der Waals surface area (Å²) in [6.45, 7) is 0.311. The van der Waals surface area contributed by atoms with Gasteiger partial charge in [0.2, 0.25) is 0 Å². The Kier molecular flexibility index (Phi) is 5.08. The number of aliphatic carboxylic acids is 1. The predicted molar refractivity (Wildman–Crippen MR) is 81.7 cm³/mol. The zero-order valence-corrected chi connectivity index (χ0v) is 13.5. The molecule has 0 aromatic heterocycles. The van der Waals surface area contributed by atoms with Gasteiger partial charge in [-0.15, -0.1) is 0 Å². The summed E-state index contributed by atoms with van der Waals surface area (Å²) in [4.78, 5) is 24.7. The monoisotopic (exact) mass is 376 g/mol. The van der Waals surface area contributed by atoms with Gasteiger partial charge in [-0.05, 0) is 18.2 Å². The van der Waals surface area contributed by atoms with Crippen molar-refractivity contribution in [2.75, 3.05) is 25.6 Å². The van der Waals surface area contributed by atoms with Gasteiger partial charge in [0.25, 0.3) is 0 Å². The SMILES string of the molecule is CN(C(=O)Nc1ccc(Br)cc1Cl)C1COCC1C(=O)O. The van der Waals surface area contributed by atoms with Crippen LogP contribution in [0.1, 0.15) is 0 Å². The summed E-state index contributed by atoms with van der Waals surface area (Å²) in [6, 6.07) is 4.14. The van der Waals surface area contributed by atoms with Gasteiger partial charge in [-0.2, -0.15) is 0 Å². The summed E-state index contributed by atoms with van der Waals surface area (Å²) >= 11 is 9.31. The van der Waals surface area contributed by atoms with E-state index >= 15 is 0 Å². The number of carbonyl (C=O) groups excluding carboxylic acids is 1. The Morgan fingerprint density at radius 3 is 2.81 bits per heavy atom. The van der Waals surface area contributed by atoms with E-state index in [-0.39, 0.29) is 13.2 Å². The van der Waals surface area contributed by atoms with Gasteiger partial charge in [0, 0.05) is 11.5 Å². The van der Waals surface area contributed by atoms with Crippen LogP contribution in [0.5, 0.6) is 0 Å². The van der Waals surface area contributed by atoms with E-state index < -0.39 is 24.0 Å². The highest BCUT2D eigenvalue weighted by Crippen LogP contribution is 2.26. The predicted octanol–water partition coefficient (Wildman–Crippen LogP) is 2.67. The largest absolute Gasteiger partial charge is 0.481 e. The molecule has 2 rings (SSSR count). The van der Waals surface area contributed by atoms with Gasteiger partial charge in [0.15, 0.2) is 0 Å². The smallest absolute Gasteiger partial charge is 0.321 e. The van der Waals surface area contributed by atoms with Crippen molar-refractivity contribution in [2.45, 2.75) is 6.04 Å². The van der Waals surface area contributed by atoms with Crippen LogP contribution in [-0.2, 0) is 9.53 Å². The van der Waals surface area contributed by atoms with Gasteiger partial charge in [0.05, 0.1) is 30.0 Å². The van der Waals surface area contributed by atoms with Gasteiger partial charge >= 0.3 is 12.0 Å². The van der Waals surface area contributed by atoms with E-state index in [2.05, 4.69) is 21.2 Å². The number of nitrogens with zero attached hydrogens (tertiary/aromatic N) is 1. The fourth-order valence-electron chi connectivity index (χ4n) is 2.11. The summed E-state index contributed by atoms with van der Waals surface area (Å²) in [5.74, 6) is -1.69. The van der Waals surface area contributed by atoms with Crippen molar-refractivity contribution in [1.29, 1.82) is 0 Å². The molecule has 6 nitrogen and oxygen atoms in total. The number of hydrogen-bond acceptors (Lipinski definition) is 3. The zero-order chi connectivity index (χ0) is 15.6. The highest BCUT2D eigenvalue weighted by atomic mass is 79.9. The normalized spacial score (nSPS) is 21.1. The first-order chi connectivity index (χ1) is 9.90. The summed E-state index contributed by atoms with van der Waals surface area (Å²) < 4.78 is 5.96. The third-order valence-electron chi connectivity index (χ3n) is 3.36. The Labute approximate surface area is 135 Å². The van der Waals surface area contributed by atoms with Crippen molar-refractivity contribution in [2.24, 2.45) is 5.92 Å². The Morgan fingerprint density at radius 1 is 1.48 bits per heavy atom. The molecular weight excluding hydrogens is 364 g/mol. The number of benzene rings is 1. The lowest BCUT2D eigenvalue weighted by molar-refractivity contribution is -0.142. The average Bonchev–Trinajstić information content (AvgIpc) is 2.90. The maximum atomic E-state index is 12.2. The molecule has 1 aliphatic heterocycles. The molecule has 1 saturated heterocycles. The van der Waals surface area contributed by atoms with Crippen molar-refractivity contribution in [3.63, 3.8) is 0 Å². The number of nitrogens with one attached hydrogen (secondary N) is 1. The number of urea groups is 1. The highest BCUT2D eigenvalue weighted by Gasteiger charge is 2.38. The van der Waals surface area contributed by atoms with E-state index in [0.29, 0.717) is 10.7 Å². The Hall–Kier alpha value is -1.31. The molecule has 2 amide bonds. The number of carboxylic acid groups (broad SMARTS) is 1. The lowest BCUT2D eigenvalue weighted by atomic mass is 10.0. The molecule has 0 aliphatic carbocycles. The number of halogens is 2. The second-order valence-electron chi connectivity index (χ2n) is 4.71. The minimum absolute atomic E-state index is 0.108. The molecule has 1 aromatic carbocycles. The summed E-state index contributed by atoms with van der Waals surface area (Å²) in [5, 5.41) is 12.2. The molecule has 2 N–H and O–H groups in total. The van der Waals surface area contributed by atoms with Crippen LogP contribution in [0, 0.1) is 5.92 Å². The van der Waals surface area contributed by atoms with Crippen LogP contribution in [0.4, 0.5) is 10.5 Å². The van der Waals surface area contributed by atoms with Gasteiger partial charge in [-0.25, -0.2) is 4.79 Å². The molecule has 1 aromatic rings. The molecule has 21 heavy (non-hydrogen) atoms. The number of likely N-dealkylation sites (N-methyl/N-ethyl adjacent to an activating group) is 1. The van der Waals surface area contributed by atoms with Crippen LogP contribution in [0.15, 0.2) is 22.7 Å². The first kappa shape index (κ1) is 16.1. The molecule has 114 valence electrons. The van der Waals surface area contributed by atoms with Crippen LogP contribution in [-0.4, -0.2) is 48.3 Å².